The average Bonchev–Trinajstić information content (AvgIpc) is 2.54. The summed E-state index contributed by atoms with van der Waals surface area (Å²) in [7, 11) is 1.54. The number of benzene rings is 1. The number of nitrogens with zero attached hydrogens (tertiary/aromatic N) is 2. The van der Waals surface area contributed by atoms with Crippen LogP contribution >= 0.6 is 0 Å². The SMILES string of the molecule is COc1ccc(N(CC(N)=O)C(=O)Cn2ccc(=O)cc2)cc1. The van der Waals surface area contributed by atoms with Gasteiger partial charge in [-0.1, -0.05) is 0 Å². The Morgan fingerprint density at radius 2 is 1.74 bits per heavy atom. The number of primary amides is 1. The van der Waals surface area contributed by atoms with E-state index in [1.807, 2.05) is 0 Å². The number of carbonyl (C=O) groups excluding carboxylic acids is 2. The second kappa shape index (κ2) is 7.26. The third kappa shape index (κ3) is 4.44. The van der Waals surface area contributed by atoms with Crippen LogP contribution in [-0.4, -0.2) is 30.0 Å². The van der Waals surface area contributed by atoms with Gasteiger partial charge >= 0.3 is 0 Å². The molecule has 0 atom stereocenters. The summed E-state index contributed by atoms with van der Waals surface area (Å²) < 4.78 is 6.63. The van der Waals surface area contributed by atoms with E-state index in [0.29, 0.717) is 11.4 Å². The number of amides is 2. The minimum Gasteiger partial charge on any atom is -0.497 e. The molecule has 23 heavy (non-hydrogen) atoms. The number of anilines is 1. The fourth-order valence-electron chi connectivity index (χ4n) is 2.03. The number of nitrogens with two attached hydrogens (primary N) is 1. The molecule has 0 fully saturated rings. The van der Waals surface area contributed by atoms with Gasteiger partial charge in [-0.15, -0.1) is 0 Å². The number of carbonyl (C=O) groups is 2. The van der Waals surface area contributed by atoms with E-state index < -0.39 is 5.91 Å². The van der Waals surface area contributed by atoms with Crippen LogP contribution in [0.15, 0.2) is 53.6 Å². The van der Waals surface area contributed by atoms with Crippen LogP contribution in [0.5, 0.6) is 5.75 Å². The quantitative estimate of drug-likeness (QED) is 0.833. The molecule has 0 unspecified atom stereocenters. The van der Waals surface area contributed by atoms with E-state index in [0.717, 1.165) is 0 Å². The van der Waals surface area contributed by atoms with Crippen LogP contribution in [0.3, 0.4) is 0 Å². The lowest BCUT2D eigenvalue weighted by atomic mass is 10.2. The number of aromatic nitrogens is 1. The van der Waals surface area contributed by atoms with Crippen LogP contribution in [0.25, 0.3) is 0 Å². The van der Waals surface area contributed by atoms with E-state index in [4.69, 9.17) is 10.5 Å². The molecule has 0 saturated heterocycles. The maximum absolute atomic E-state index is 12.5. The molecule has 1 aromatic heterocycles. The molecule has 0 aliphatic rings. The molecule has 1 heterocycles. The van der Waals surface area contributed by atoms with Crippen molar-refractivity contribution in [3.05, 3.63) is 59.0 Å². The van der Waals surface area contributed by atoms with E-state index in [9.17, 15) is 14.4 Å². The summed E-state index contributed by atoms with van der Waals surface area (Å²) in [6.45, 7) is -0.245. The summed E-state index contributed by atoms with van der Waals surface area (Å²) in [5.74, 6) is -0.299. The summed E-state index contributed by atoms with van der Waals surface area (Å²) >= 11 is 0. The van der Waals surface area contributed by atoms with Gasteiger partial charge in [0.1, 0.15) is 18.8 Å². The first-order chi connectivity index (χ1) is 11.0. The van der Waals surface area contributed by atoms with Crippen molar-refractivity contribution in [3.63, 3.8) is 0 Å². The molecule has 2 amide bonds. The van der Waals surface area contributed by atoms with Crippen molar-refractivity contribution < 1.29 is 14.3 Å². The molecule has 0 saturated carbocycles. The van der Waals surface area contributed by atoms with E-state index in [-0.39, 0.29) is 24.4 Å². The van der Waals surface area contributed by atoms with Crippen LogP contribution < -0.4 is 20.8 Å². The minimum atomic E-state index is -0.617. The lowest BCUT2D eigenvalue weighted by molar-refractivity contribution is -0.122. The summed E-state index contributed by atoms with van der Waals surface area (Å²) in [6.07, 6.45) is 3.02. The summed E-state index contributed by atoms with van der Waals surface area (Å²) in [5, 5.41) is 0. The predicted octanol–water partition coefficient (Wildman–Crippen LogP) is 0.375. The number of hydrogen-bond acceptors (Lipinski definition) is 4. The first kappa shape index (κ1) is 16.3. The third-order valence-electron chi connectivity index (χ3n) is 3.18. The summed E-state index contributed by atoms with van der Waals surface area (Å²) in [6, 6.07) is 9.44. The summed E-state index contributed by atoms with van der Waals surface area (Å²) in [5.41, 5.74) is 5.63. The fraction of sp³-hybridized carbons (Fsp3) is 0.188. The van der Waals surface area contributed by atoms with Gasteiger partial charge in [-0.3, -0.25) is 14.4 Å². The molecule has 120 valence electrons. The monoisotopic (exact) mass is 315 g/mol. The second-order valence-corrected chi connectivity index (χ2v) is 4.85. The largest absolute Gasteiger partial charge is 0.497 e. The lowest BCUT2D eigenvalue weighted by Crippen LogP contribution is -2.40. The molecule has 0 bridgehead atoms. The van der Waals surface area contributed by atoms with Crippen LogP contribution in [0.1, 0.15) is 0 Å². The molecule has 1 aromatic carbocycles. The topological polar surface area (TPSA) is 94.6 Å². The van der Waals surface area contributed by atoms with Crippen LogP contribution in [0, 0.1) is 0 Å². The Balaban J connectivity index is 2.22. The molecule has 0 aliphatic heterocycles. The van der Waals surface area contributed by atoms with Crippen molar-refractivity contribution in [2.45, 2.75) is 6.54 Å². The van der Waals surface area contributed by atoms with Gasteiger partial charge in [0.15, 0.2) is 5.43 Å². The maximum atomic E-state index is 12.5. The number of rotatable bonds is 6. The zero-order valence-electron chi connectivity index (χ0n) is 12.6. The first-order valence-corrected chi connectivity index (χ1v) is 6.88. The van der Waals surface area contributed by atoms with Crippen molar-refractivity contribution in [2.24, 2.45) is 5.73 Å². The van der Waals surface area contributed by atoms with E-state index in [1.165, 1.54) is 36.5 Å². The van der Waals surface area contributed by atoms with Gasteiger partial charge in [0.05, 0.1) is 7.11 Å². The van der Waals surface area contributed by atoms with Crippen LogP contribution in [0.2, 0.25) is 0 Å². The van der Waals surface area contributed by atoms with Gasteiger partial charge in [0, 0.05) is 30.2 Å². The fourth-order valence-corrected chi connectivity index (χ4v) is 2.03. The van der Waals surface area contributed by atoms with Crippen molar-refractivity contribution in [1.82, 2.24) is 4.57 Å². The number of hydrogen-bond donors (Lipinski definition) is 1. The van der Waals surface area contributed by atoms with E-state index >= 15 is 0 Å². The molecule has 0 spiro atoms. The molecular weight excluding hydrogens is 298 g/mol. The molecule has 2 aromatic rings. The third-order valence-corrected chi connectivity index (χ3v) is 3.18. The number of pyridine rings is 1. The van der Waals surface area contributed by atoms with Crippen molar-refractivity contribution in [2.75, 3.05) is 18.6 Å². The Morgan fingerprint density at radius 3 is 2.26 bits per heavy atom. The molecule has 7 heteroatoms. The second-order valence-electron chi connectivity index (χ2n) is 4.85. The lowest BCUT2D eigenvalue weighted by Gasteiger charge is -2.22. The van der Waals surface area contributed by atoms with Gasteiger partial charge in [0.25, 0.3) is 0 Å². The predicted molar refractivity (Wildman–Crippen MR) is 85.2 cm³/mol. The van der Waals surface area contributed by atoms with Gasteiger partial charge in [-0.2, -0.15) is 0 Å². The maximum Gasteiger partial charge on any atom is 0.247 e. The number of methoxy groups -OCH3 is 1. The Hall–Kier alpha value is -3.09. The van der Waals surface area contributed by atoms with Crippen molar-refractivity contribution >= 4 is 17.5 Å². The highest BCUT2D eigenvalue weighted by molar-refractivity contribution is 5.98. The van der Waals surface area contributed by atoms with Gasteiger partial charge in [-0.25, -0.2) is 0 Å². The zero-order chi connectivity index (χ0) is 16.8. The Kier molecular flexibility index (Phi) is 5.14. The highest BCUT2D eigenvalue weighted by Crippen LogP contribution is 2.19. The molecule has 0 radical (unpaired) electrons. The summed E-state index contributed by atoms with van der Waals surface area (Å²) in [4.78, 5) is 36.1. The average molecular weight is 315 g/mol. The Labute approximate surface area is 132 Å². The molecular formula is C16H17N3O4. The van der Waals surface area contributed by atoms with Crippen LogP contribution in [-0.2, 0) is 16.1 Å². The highest BCUT2D eigenvalue weighted by Gasteiger charge is 2.18. The highest BCUT2D eigenvalue weighted by atomic mass is 16.5. The van der Waals surface area contributed by atoms with Crippen LogP contribution in [0.4, 0.5) is 5.69 Å². The molecule has 2 rings (SSSR count). The normalized spacial score (nSPS) is 10.1. The van der Waals surface area contributed by atoms with E-state index in [2.05, 4.69) is 0 Å². The van der Waals surface area contributed by atoms with Gasteiger partial charge < -0.3 is 19.9 Å². The number of ether oxygens (including phenoxy) is 1. The first-order valence-electron chi connectivity index (χ1n) is 6.88. The minimum absolute atomic E-state index is 0.0143. The Morgan fingerprint density at radius 1 is 1.13 bits per heavy atom. The van der Waals surface area contributed by atoms with Crippen molar-refractivity contribution in [1.29, 1.82) is 0 Å². The standard InChI is InChI=1S/C16H17N3O4/c1-23-14-4-2-12(3-5-14)19(10-15(17)21)16(22)11-18-8-6-13(20)7-9-18/h2-9H,10-11H2,1H3,(H2,17,21). The molecule has 7 nitrogen and oxygen atoms in total. The molecule has 0 aliphatic carbocycles. The zero-order valence-corrected chi connectivity index (χ0v) is 12.6. The smallest absolute Gasteiger partial charge is 0.247 e. The van der Waals surface area contributed by atoms with E-state index in [1.54, 1.807) is 28.8 Å². The van der Waals surface area contributed by atoms with Gasteiger partial charge in [0.2, 0.25) is 11.8 Å². The molecule has 2 N–H and O–H groups in total. The van der Waals surface area contributed by atoms with Crippen molar-refractivity contribution in [3.8, 4) is 5.75 Å². The Bertz CT molecular complexity index is 732. The van der Waals surface area contributed by atoms with Gasteiger partial charge in [-0.05, 0) is 24.3 Å².